The molecule has 2 nitrogen and oxygen atoms in total. The van der Waals surface area contributed by atoms with Crippen LogP contribution in [0.3, 0.4) is 0 Å². The lowest BCUT2D eigenvalue weighted by atomic mass is 10.1. The molecule has 0 atom stereocenters. The van der Waals surface area contributed by atoms with Gasteiger partial charge < -0.3 is 4.90 Å². The van der Waals surface area contributed by atoms with Crippen molar-refractivity contribution in [2.24, 2.45) is 0 Å². The highest BCUT2D eigenvalue weighted by molar-refractivity contribution is 5.76. The molecule has 0 radical (unpaired) electrons. The Morgan fingerprint density at radius 3 is 1.10 bits per heavy atom. The first kappa shape index (κ1) is 29.5. The van der Waals surface area contributed by atoms with Gasteiger partial charge in [-0.05, 0) is 19.3 Å². The van der Waals surface area contributed by atoms with Gasteiger partial charge >= 0.3 is 0 Å². The number of unbranched alkanes of at least 4 members (excludes halogenated alkanes) is 18. The van der Waals surface area contributed by atoms with Crippen molar-refractivity contribution in [2.45, 2.75) is 162 Å². The summed E-state index contributed by atoms with van der Waals surface area (Å²) in [7, 11) is 0. The maximum absolute atomic E-state index is 12.8. The van der Waals surface area contributed by atoms with Crippen molar-refractivity contribution in [3.8, 4) is 0 Å². The maximum Gasteiger partial charge on any atom is 0.222 e. The van der Waals surface area contributed by atoms with E-state index in [1.807, 2.05) is 0 Å². The third kappa shape index (κ3) is 20.7. The molecule has 0 N–H and O–H groups in total. The zero-order chi connectivity index (χ0) is 22.1. The highest BCUT2D eigenvalue weighted by Gasteiger charge is 2.12. The molecule has 1 amide bonds. The molecule has 0 fully saturated rings. The monoisotopic (exact) mass is 423 g/mol. The van der Waals surface area contributed by atoms with Crippen molar-refractivity contribution in [3.63, 3.8) is 0 Å². The molecule has 0 bridgehead atoms. The summed E-state index contributed by atoms with van der Waals surface area (Å²) >= 11 is 0. The molecule has 0 unspecified atom stereocenters. The van der Waals surface area contributed by atoms with Crippen LogP contribution in [0.25, 0.3) is 0 Å². The zero-order valence-corrected chi connectivity index (χ0v) is 21.3. The third-order valence-corrected chi connectivity index (χ3v) is 6.41. The Morgan fingerprint density at radius 2 is 0.733 bits per heavy atom. The summed E-state index contributed by atoms with van der Waals surface area (Å²) in [6.07, 6.45) is 28.4. The number of hydrogen-bond acceptors (Lipinski definition) is 1. The second-order valence-corrected chi connectivity index (χ2v) is 9.49. The molecule has 0 aliphatic heterocycles. The van der Waals surface area contributed by atoms with Crippen LogP contribution in [0.1, 0.15) is 162 Å². The van der Waals surface area contributed by atoms with Crippen LogP contribution in [-0.4, -0.2) is 23.9 Å². The van der Waals surface area contributed by atoms with Crippen LogP contribution in [0.5, 0.6) is 0 Å². The van der Waals surface area contributed by atoms with Gasteiger partial charge in [0.05, 0.1) is 0 Å². The summed E-state index contributed by atoms with van der Waals surface area (Å²) in [5, 5.41) is 0. The van der Waals surface area contributed by atoms with Crippen molar-refractivity contribution >= 4 is 5.91 Å². The molecule has 0 aliphatic rings. The lowest BCUT2D eigenvalue weighted by Crippen LogP contribution is -2.32. The van der Waals surface area contributed by atoms with Gasteiger partial charge in [-0.15, -0.1) is 0 Å². The SMILES string of the molecule is CCCCCCCCCCCC(=O)N(CCCCCCCC)CCCCCCCC. The van der Waals surface area contributed by atoms with Gasteiger partial charge in [-0.2, -0.15) is 0 Å². The first-order chi connectivity index (χ1) is 14.8. The molecule has 0 saturated carbocycles. The zero-order valence-electron chi connectivity index (χ0n) is 21.3. The van der Waals surface area contributed by atoms with E-state index in [4.69, 9.17) is 0 Å². The van der Waals surface area contributed by atoms with E-state index < -0.39 is 0 Å². The third-order valence-electron chi connectivity index (χ3n) is 6.41. The Labute approximate surface area is 191 Å². The second kappa shape index (κ2) is 24.7. The van der Waals surface area contributed by atoms with Gasteiger partial charge in [-0.25, -0.2) is 0 Å². The second-order valence-electron chi connectivity index (χ2n) is 9.49. The fourth-order valence-electron chi connectivity index (χ4n) is 4.27. The summed E-state index contributed by atoms with van der Waals surface area (Å²) in [5.41, 5.74) is 0. The molecular formula is C28H57NO. The van der Waals surface area contributed by atoms with Crippen LogP contribution in [0.2, 0.25) is 0 Å². The topological polar surface area (TPSA) is 20.3 Å². The number of carbonyl (C=O) groups is 1. The van der Waals surface area contributed by atoms with Crippen molar-refractivity contribution < 1.29 is 4.79 Å². The number of carbonyl (C=O) groups excluding carboxylic acids is 1. The van der Waals surface area contributed by atoms with Gasteiger partial charge in [-0.1, -0.05) is 136 Å². The van der Waals surface area contributed by atoms with E-state index in [1.165, 1.54) is 128 Å². The fourth-order valence-corrected chi connectivity index (χ4v) is 4.27. The van der Waals surface area contributed by atoms with Gasteiger partial charge in [0.1, 0.15) is 0 Å². The van der Waals surface area contributed by atoms with Crippen LogP contribution in [0, 0.1) is 0 Å². The minimum Gasteiger partial charge on any atom is -0.343 e. The van der Waals surface area contributed by atoms with E-state index in [0.717, 1.165) is 25.9 Å². The number of rotatable bonds is 24. The summed E-state index contributed by atoms with van der Waals surface area (Å²) in [4.78, 5) is 15.0. The van der Waals surface area contributed by atoms with Crippen LogP contribution in [-0.2, 0) is 4.79 Å². The molecule has 30 heavy (non-hydrogen) atoms. The van der Waals surface area contributed by atoms with Crippen LogP contribution >= 0.6 is 0 Å². The van der Waals surface area contributed by atoms with E-state index in [1.54, 1.807) is 0 Å². The highest BCUT2D eigenvalue weighted by atomic mass is 16.2. The van der Waals surface area contributed by atoms with Gasteiger partial charge in [0, 0.05) is 19.5 Å². The van der Waals surface area contributed by atoms with E-state index >= 15 is 0 Å². The summed E-state index contributed by atoms with van der Waals surface area (Å²) in [5.74, 6) is 0.431. The summed E-state index contributed by atoms with van der Waals surface area (Å²) in [6.45, 7) is 8.81. The smallest absolute Gasteiger partial charge is 0.222 e. The standard InChI is InChI=1S/C28H57NO/c1-4-7-10-13-16-17-18-19-22-25-28(30)29(26-23-20-14-11-8-5-2)27-24-21-15-12-9-6-3/h4-27H2,1-3H3. The molecule has 0 spiro atoms. The Hall–Kier alpha value is -0.530. The Balaban J connectivity index is 3.97. The van der Waals surface area contributed by atoms with E-state index in [2.05, 4.69) is 25.7 Å². The first-order valence-corrected chi connectivity index (χ1v) is 14.0. The number of hydrogen-bond donors (Lipinski definition) is 0. The van der Waals surface area contributed by atoms with E-state index in [0.29, 0.717) is 5.91 Å². The molecular weight excluding hydrogens is 366 g/mol. The number of nitrogens with zero attached hydrogens (tertiary/aromatic N) is 1. The molecule has 2 heteroatoms. The fraction of sp³-hybridized carbons (Fsp3) is 0.964. The lowest BCUT2D eigenvalue weighted by Gasteiger charge is -2.23. The molecule has 0 heterocycles. The van der Waals surface area contributed by atoms with Gasteiger partial charge in [0.2, 0.25) is 5.91 Å². The molecule has 0 aromatic heterocycles. The van der Waals surface area contributed by atoms with Crippen molar-refractivity contribution in [3.05, 3.63) is 0 Å². The largest absolute Gasteiger partial charge is 0.343 e. The van der Waals surface area contributed by atoms with E-state index in [-0.39, 0.29) is 0 Å². The van der Waals surface area contributed by atoms with Gasteiger partial charge in [-0.3, -0.25) is 4.79 Å². The molecule has 0 saturated heterocycles. The first-order valence-electron chi connectivity index (χ1n) is 14.0. The predicted octanol–water partition coefficient (Wildman–Crippen LogP) is 9.46. The summed E-state index contributed by atoms with van der Waals surface area (Å²) in [6, 6.07) is 0. The highest BCUT2D eigenvalue weighted by Crippen LogP contribution is 2.13. The van der Waals surface area contributed by atoms with Crippen LogP contribution in [0.15, 0.2) is 0 Å². The Morgan fingerprint density at radius 1 is 0.433 bits per heavy atom. The molecule has 0 rings (SSSR count). The minimum absolute atomic E-state index is 0.431. The Kier molecular flexibility index (Phi) is 24.3. The minimum atomic E-state index is 0.431. The molecule has 0 aliphatic carbocycles. The van der Waals surface area contributed by atoms with Crippen molar-refractivity contribution in [2.75, 3.05) is 13.1 Å². The van der Waals surface area contributed by atoms with E-state index in [9.17, 15) is 4.79 Å². The summed E-state index contributed by atoms with van der Waals surface area (Å²) < 4.78 is 0. The van der Waals surface area contributed by atoms with Gasteiger partial charge in [0.15, 0.2) is 0 Å². The predicted molar refractivity (Wildman–Crippen MR) is 135 cm³/mol. The van der Waals surface area contributed by atoms with Crippen molar-refractivity contribution in [1.82, 2.24) is 4.90 Å². The maximum atomic E-state index is 12.8. The lowest BCUT2D eigenvalue weighted by molar-refractivity contribution is -0.131. The van der Waals surface area contributed by atoms with Crippen LogP contribution < -0.4 is 0 Å². The normalized spacial score (nSPS) is 11.2. The van der Waals surface area contributed by atoms with Gasteiger partial charge in [0.25, 0.3) is 0 Å². The number of amides is 1. The quantitative estimate of drug-likeness (QED) is 0.141. The van der Waals surface area contributed by atoms with Crippen molar-refractivity contribution in [1.29, 1.82) is 0 Å². The average Bonchev–Trinajstić information content (AvgIpc) is 2.75. The molecule has 0 aromatic rings. The molecule has 0 aromatic carbocycles. The Bertz CT molecular complexity index is 326. The van der Waals surface area contributed by atoms with Crippen LogP contribution in [0.4, 0.5) is 0 Å². The molecule has 180 valence electrons. The average molecular weight is 424 g/mol.